The van der Waals surface area contributed by atoms with E-state index in [1.54, 1.807) is 7.11 Å². The molecule has 0 aliphatic heterocycles. The molecule has 112 valence electrons. The molecule has 0 spiro atoms. The molecule has 0 heterocycles. The quantitative estimate of drug-likeness (QED) is 0.661. The first kappa shape index (κ1) is 16.5. The lowest BCUT2D eigenvalue weighted by Gasteiger charge is -2.29. The zero-order valence-corrected chi connectivity index (χ0v) is 12.1. The van der Waals surface area contributed by atoms with Gasteiger partial charge >= 0.3 is 0 Å². The molecule has 0 fully saturated rings. The zero-order valence-electron chi connectivity index (χ0n) is 12.1. The van der Waals surface area contributed by atoms with E-state index in [0.717, 1.165) is 11.3 Å². The van der Waals surface area contributed by atoms with Crippen molar-refractivity contribution < 1.29 is 19.7 Å². The Bertz CT molecular complexity index is 421. The van der Waals surface area contributed by atoms with Crippen molar-refractivity contribution in [2.45, 2.75) is 31.7 Å². The number of rotatable bonds is 8. The number of hydrogen-bond acceptors (Lipinski definition) is 4. The van der Waals surface area contributed by atoms with E-state index in [0.29, 0.717) is 19.3 Å². The number of carbonyl (C=O) groups excluding carboxylic acids is 1. The third-order valence-corrected chi connectivity index (χ3v) is 3.46. The van der Waals surface area contributed by atoms with Gasteiger partial charge < -0.3 is 20.3 Å². The molecule has 0 unspecified atom stereocenters. The predicted octanol–water partition coefficient (Wildman–Crippen LogP) is 0.877. The third-order valence-electron chi connectivity index (χ3n) is 3.46. The maximum Gasteiger partial charge on any atom is 0.220 e. The molecule has 1 aromatic rings. The van der Waals surface area contributed by atoms with Gasteiger partial charge in [-0.05, 0) is 30.5 Å². The lowest BCUT2D eigenvalue weighted by Crippen LogP contribution is -2.53. The summed E-state index contributed by atoms with van der Waals surface area (Å²) < 4.78 is 5.13. The lowest BCUT2D eigenvalue weighted by molar-refractivity contribution is -0.124. The average Bonchev–Trinajstić information content (AvgIpc) is 2.51. The minimum Gasteiger partial charge on any atom is -0.497 e. The van der Waals surface area contributed by atoms with Gasteiger partial charge in [0.2, 0.25) is 5.91 Å². The summed E-state index contributed by atoms with van der Waals surface area (Å²) in [6, 6.07) is 7.55. The summed E-state index contributed by atoms with van der Waals surface area (Å²) in [5.41, 5.74) is 0.0837. The van der Waals surface area contributed by atoms with Gasteiger partial charge in [0.05, 0.1) is 25.9 Å². The van der Waals surface area contributed by atoms with Crippen molar-refractivity contribution in [1.29, 1.82) is 0 Å². The molecule has 1 amide bonds. The number of benzene rings is 1. The van der Waals surface area contributed by atoms with E-state index >= 15 is 0 Å². The number of amides is 1. The number of nitrogens with one attached hydrogen (secondary N) is 1. The second-order valence-electron chi connectivity index (χ2n) is 4.85. The van der Waals surface area contributed by atoms with Crippen LogP contribution in [0.25, 0.3) is 0 Å². The molecule has 5 heteroatoms. The fraction of sp³-hybridized carbons (Fsp3) is 0.533. The van der Waals surface area contributed by atoms with Crippen molar-refractivity contribution in [3.8, 4) is 5.75 Å². The molecule has 0 bridgehead atoms. The topological polar surface area (TPSA) is 78.8 Å². The van der Waals surface area contributed by atoms with Crippen molar-refractivity contribution in [2.24, 2.45) is 0 Å². The third kappa shape index (κ3) is 4.51. The summed E-state index contributed by atoms with van der Waals surface area (Å²) in [5, 5.41) is 21.3. The number of aryl methyl sites for hydroxylation is 1. The summed E-state index contributed by atoms with van der Waals surface area (Å²) in [4.78, 5) is 11.9. The molecular formula is C15H23NO4. The van der Waals surface area contributed by atoms with E-state index in [-0.39, 0.29) is 19.1 Å². The molecule has 20 heavy (non-hydrogen) atoms. The number of aliphatic hydroxyl groups excluding tert-OH is 2. The fourth-order valence-corrected chi connectivity index (χ4v) is 1.89. The maximum absolute atomic E-state index is 11.9. The Morgan fingerprint density at radius 2 is 2.05 bits per heavy atom. The average molecular weight is 281 g/mol. The standard InChI is InChI=1S/C15H23NO4/c1-3-15(10-17,11-18)16-14(19)8-7-12-5-4-6-13(9-12)20-2/h4-6,9,17-18H,3,7-8,10-11H2,1-2H3,(H,16,19). The van der Waals surface area contributed by atoms with Crippen molar-refractivity contribution >= 4 is 5.91 Å². The zero-order chi connectivity index (χ0) is 15.0. The Balaban J connectivity index is 2.54. The van der Waals surface area contributed by atoms with Gasteiger partial charge in [-0.2, -0.15) is 0 Å². The Labute approximate surface area is 119 Å². The number of ether oxygens (including phenoxy) is 1. The van der Waals surface area contributed by atoms with Crippen LogP contribution in [0.1, 0.15) is 25.3 Å². The van der Waals surface area contributed by atoms with Crippen LogP contribution in [0, 0.1) is 0 Å². The molecule has 0 atom stereocenters. The fourth-order valence-electron chi connectivity index (χ4n) is 1.89. The molecule has 1 rings (SSSR count). The predicted molar refractivity (Wildman–Crippen MR) is 76.7 cm³/mol. The van der Waals surface area contributed by atoms with E-state index in [4.69, 9.17) is 4.74 Å². The minimum atomic E-state index is -0.925. The van der Waals surface area contributed by atoms with Crippen LogP contribution in [0.15, 0.2) is 24.3 Å². The van der Waals surface area contributed by atoms with Gasteiger partial charge in [0.1, 0.15) is 5.75 Å². The molecule has 0 saturated heterocycles. The molecule has 0 aliphatic carbocycles. The van der Waals surface area contributed by atoms with E-state index in [9.17, 15) is 15.0 Å². The second kappa shape index (κ2) is 7.87. The van der Waals surface area contributed by atoms with Crippen LogP contribution in [-0.2, 0) is 11.2 Å². The minimum absolute atomic E-state index is 0.183. The van der Waals surface area contributed by atoms with Gasteiger partial charge in [-0.3, -0.25) is 4.79 Å². The highest BCUT2D eigenvalue weighted by molar-refractivity contribution is 5.77. The van der Waals surface area contributed by atoms with E-state index in [2.05, 4.69) is 5.32 Å². The van der Waals surface area contributed by atoms with Crippen molar-refractivity contribution in [3.63, 3.8) is 0 Å². The Hall–Kier alpha value is -1.59. The Kier molecular flexibility index (Phi) is 6.48. The molecule has 5 nitrogen and oxygen atoms in total. The first-order chi connectivity index (χ1) is 9.59. The highest BCUT2D eigenvalue weighted by Gasteiger charge is 2.28. The van der Waals surface area contributed by atoms with Crippen LogP contribution in [0.5, 0.6) is 5.75 Å². The monoisotopic (exact) mass is 281 g/mol. The number of methoxy groups -OCH3 is 1. The normalized spacial score (nSPS) is 11.2. The van der Waals surface area contributed by atoms with Crippen LogP contribution in [0.3, 0.4) is 0 Å². The summed E-state index contributed by atoms with van der Waals surface area (Å²) in [5.74, 6) is 0.578. The van der Waals surface area contributed by atoms with Gasteiger partial charge in [-0.1, -0.05) is 19.1 Å². The lowest BCUT2D eigenvalue weighted by atomic mass is 9.98. The van der Waals surface area contributed by atoms with E-state index in [1.165, 1.54) is 0 Å². The smallest absolute Gasteiger partial charge is 0.220 e. The Morgan fingerprint density at radius 3 is 2.60 bits per heavy atom. The maximum atomic E-state index is 11.9. The van der Waals surface area contributed by atoms with Crippen molar-refractivity contribution in [2.75, 3.05) is 20.3 Å². The molecular weight excluding hydrogens is 258 g/mol. The summed E-state index contributed by atoms with van der Waals surface area (Å²) >= 11 is 0. The van der Waals surface area contributed by atoms with Crippen molar-refractivity contribution in [1.82, 2.24) is 5.32 Å². The summed E-state index contributed by atoms with van der Waals surface area (Å²) in [6.45, 7) is 1.27. The molecule has 1 aromatic carbocycles. The van der Waals surface area contributed by atoms with Crippen LogP contribution >= 0.6 is 0 Å². The number of carbonyl (C=O) groups is 1. The van der Waals surface area contributed by atoms with E-state index in [1.807, 2.05) is 31.2 Å². The summed E-state index contributed by atoms with van der Waals surface area (Å²) in [7, 11) is 1.60. The molecule has 0 saturated carbocycles. The van der Waals surface area contributed by atoms with Crippen molar-refractivity contribution in [3.05, 3.63) is 29.8 Å². The van der Waals surface area contributed by atoms with Gasteiger partial charge in [-0.25, -0.2) is 0 Å². The van der Waals surface area contributed by atoms with Gasteiger partial charge in [0.15, 0.2) is 0 Å². The van der Waals surface area contributed by atoms with Crippen LogP contribution in [-0.4, -0.2) is 42.0 Å². The second-order valence-corrected chi connectivity index (χ2v) is 4.85. The first-order valence-electron chi connectivity index (χ1n) is 6.75. The largest absolute Gasteiger partial charge is 0.497 e. The SMILES string of the molecule is CCC(CO)(CO)NC(=O)CCc1cccc(OC)c1. The van der Waals surface area contributed by atoms with Crippen LogP contribution in [0.4, 0.5) is 0 Å². The Morgan fingerprint density at radius 1 is 1.35 bits per heavy atom. The molecule has 0 radical (unpaired) electrons. The number of aliphatic hydroxyl groups is 2. The van der Waals surface area contributed by atoms with Gasteiger partial charge in [0, 0.05) is 6.42 Å². The highest BCUT2D eigenvalue weighted by atomic mass is 16.5. The molecule has 0 aliphatic rings. The first-order valence-corrected chi connectivity index (χ1v) is 6.75. The van der Waals surface area contributed by atoms with Crippen LogP contribution < -0.4 is 10.1 Å². The number of hydrogen-bond donors (Lipinski definition) is 3. The molecule has 0 aromatic heterocycles. The van der Waals surface area contributed by atoms with E-state index < -0.39 is 5.54 Å². The van der Waals surface area contributed by atoms with Gasteiger partial charge in [-0.15, -0.1) is 0 Å². The summed E-state index contributed by atoms with van der Waals surface area (Å²) in [6.07, 6.45) is 1.36. The van der Waals surface area contributed by atoms with Crippen LogP contribution in [0.2, 0.25) is 0 Å². The highest BCUT2D eigenvalue weighted by Crippen LogP contribution is 2.14. The molecule has 3 N–H and O–H groups in total. The van der Waals surface area contributed by atoms with Gasteiger partial charge in [0.25, 0.3) is 0 Å².